The van der Waals surface area contributed by atoms with Crippen molar-refractivity contribution in [2.24, 2.45) is 0 Å². The van der Waals surface area contributed by atoms with Crippen LogP contribution in [-0.2, 0) is 31.3 Å². The van der Waals surface area contributed by atoms with E-state index >= 15 is 0 Å². The molecule has 8 aromatic rings. The quantitative estimate of drug-likeness (QED) is 0.188. The van der Waals surface area contributed by atoms with Gasteiger partial charge in [0, 0.05) is 38.6 Å². The molecule has 17 heteroatoms. The van der Waals surface area contributed by atoms with Gasteiger partial charge in [-0.3, -0.25) is 4.40 Å². The van der Waals surface area contributed by atoms with E-state index in [-0.39, 0.29) is 16.8 Å². The van der Waals surface area contributed by atoms with Gasteiger partial charge in [0.15, 0.2) is 4.96 Å². The molecule has 0 fully saturated rings. The van der Waals surface area contributed by atoms with Gasteiger partial charge in [0.2, 0.25) is 0 Å². The summed E-state index contributed by atoms with van der Waals surface area (Å²) in [6.45, 7) is 8.70. The summed E-state index contributed by atoms with van der Waals surface area (Å²) in [4.78, 5) is 11.0. The van der Waals surface area contributed by atoms with E-state index in [9.17, 15) is 0 Å². The van der Waals surface area contributed by atoms with Gasteiger partial charge in [-0.15, -0.1) is 20.5 Å². The molecule has 4 heterocycles. The van der Waals surface area contributed by atoms with Crippen LogP contribution in [0.5, 0.6) is 11.5 Å². The van der Waals surface area contributed by atoms with Gasteiger partial charge in [0.05, 0.1) is 127 Å². The van der Waals surface area contributed by atoms with Crippen LogP contribution in [0.25, 0.3) is 59.9 Å². The molecular formula is C46H29B12N3OS. The second-order valence-electron chi connectivity index (χ2n) is 18.0. The van der Waals surface area contributed by atoms with Crippen molar-refractivity contribution in [3.63, 3.8) is 0 Å². The highest BCUT2D eigenvalue weighted by molar-refractivity contribution is 7.24. The summed E-state index contributed by atoms with van der Waals surface area (Å²) in [7, 11) is 78.6. The number of nitrogens with zero attached hydrogens (tertiary/aromatic N) is 3. The van der Waals surface area contributed by atoms with Crippen molar-refractivity contribution in [3.8, 4) is 45.1 Å². The van der Waals surface area contributed by atoms with Crippen LogP contribution in [0.3, 0.4) is 0 Å². The first kappa shape index (κ1) is 43.8. The highest BCUT2D eigenvalue weighted by atomic mass is 32.1. The van der Waals surface area contributed by atoms with E-state index in [0.29, 0.717) is 50.6 Å². The summed E-state index contributed by atoms with van der Waals surface area (Å²) in [5.74, 6) is 1.11. The van der Waals surface area contributed by atoms with Crippen molar-refractivity contribution < 1.29 is 4.74 Å². The first-order chi connectivity index (χ1) is 29.3. The van der Waals surface area contributed by atoms with Crippen molar-refractivity contribution in [1.29, 1.82) is 0 Å². The molecule has 0 unspecified atom stereocenters. The lowest BCUT2D eigenvalue weighted by Gasteiger charge is -2.42. The third-order valence-electron chi connectivity index (χ3n) is 12.8. The number of hydrogen-bond acceptors (Lipinski definition) is 4. The normalized spacial score (nSPS) is 15.2. The largest absolute Gasteiger partial charge is 0.456 e. The Labute approximate surface area is 389 Å². The van der Waals surface area contributed by atoms with E-state index in [0.717, 1.165) is 37.3 Å². The molecule has 24 radical (unpaired) electrons. The summed E-state index contributed by atoms with van der Waals surface area (Å²) in [5.41, 5.74) is 7.38. The van der Waals surface area contributed by atoms with Crippen molar-refractivity contribution in [2.75, 3.05) is 0 Å². The molecule has 9 rings (SSSR count). The van der Waals surface area contributed by atoms with Crippen molar-refractivity contribution >= 4 is 132 Å². The molecule has 0 atom stereocenters. The fraction of sp³-hybridized carbons (Fsp3) is 0.217. The van der Waals surface area contributed by atoms with E-state index in [1.54, 1.807) is 24.3 Å². The molecule has 1 aliphatic rings. The lowest BCUT2D eigenvalue weighted by Crippen LogP contribution is -2.39. The number of rotatable bonds is 7. The van der Waals surface area contributed by atoms with Gasteiger partial charge in [-0.05, 0) is 47.5 Å². The number of imidazole rings is 1. The Hall–Kier alpha value is -4.48. The third-order valence-corrected chi connectivity index (χ3v) is 13.9. The minimum absolute atomic E-state index is 0.191. The molecule has 3 aromatic heterocycles. The number of benzene rings is 5. The molecule has 5 aromatic carbocycles. The minimum Gasteiger partial charge on any atom is -0.456 e. The van der Waals surface area contributed by atoms with E-state index in [1.807, 2.05) is 72.8 Å². The maximum Gasteiger partial charge on any atom is 0.195 e. The fourth-order valence-electron chi connectivity index (χ4n) is 8.97. The number of hydrogen-bond donors (Lipinski definition) is 0. The summed E-state index contributed by atoms with van der Waals surface area (Å²) in [5, 5.41) is -7.50. The number of aromatic nitrogens is 3. The van der Waals surface area contributed by atoms with E-state index in [1.165, 1.54) is 11.3 Å². The highest BCUT2D eigenvalue weighted by Crippen LogP contribution is 2.56. The smallest absolute Gasteiger partial charge is 0.195 e. The zero-order valence-corrected chi connectivity index (χ0v) is 36.2. The van der Waals surface area contributed by atoms with Gasteiger partial charge in [0.1, 0.15) is 11.5 Å². The molecule has 0 saturated heterocycles. The average Bonchev–Trinajstić information content (AvgIpc) is 3.73. The van der Waals surface area contributed by atoms with Gasteiger partial charge < -0.3 is 4.74 Å². The summed E-state index contributed by atoms with van der Waals surface area (Å²) >= 11 is 1.46. The Morgan fingerprint density at radius 3 is 1.79 bits per heavy atom. The Balaban J connectivity index is 1.36. The lowest BCUT2D eigenvalue weighted by atomic mass is 9.38. The van der Waals surface area contributed by atoms with Crippen molar-refractivity contribution in [1.82, 2.24) is 14.4 Å². The van der Waals surface area contributed by atoms with E-state index in [4.69, 9.17) is 109 Å². The summed E-state index contributed by atoms with van der Waals surface area (Å²) in [6, 6.07) is 32.0. The summed E-state index contributed by atoms with van der Waals surface area (Å²) in [6.07, 6.45) is 0. The second kappa shape index (κ2) is 14.5. The van der Waals surface area contributed by atoms with Crippen LogP contribution >= 0.6 is 11.3 Å². The molecule has 0 aliphatic carbocycles. The number of pyridine rings is 1. The van der Waals surface area contributed by atoms with Crippen LogP contribution in [0.15, 0.2) is 103 Å². The molecule has 0 amide bonds. The SMILES string of the molecule is [B]C([B])([B])c1ccc(-c2c(C([B])([B])[B])ccc3c2sc2nc4ccccc4n23)cc1-c1nc(-c2c(C([B])([B])[B])ccc3c2Oc2ccccc2C(C)(C)C3(C)C)ccc1C([B])([B])[B]. The van der Waals surface area contributed by atoms with E-state index < -0.39 is 31.3 Å². The molecule has 0 saturated carbocycles. The van der Waals surface area contributed by atoms with Gasteiger partial charge in [0.25, 0.3) is 0 Å². The van der Waals surface area contributed by atoms with Gasteiger partial charge >= 0.3 is 0 Å². The maximum atomic E-state index is 6.94. The molecule has 0 spiro atoms. The molecule has 1 aliphatic heterocycles. The average molecular weight is 802 g/mol. The van der Waals surface area contributed by atoms with Gasteiger partial charge in [-0.2, -0.15) is 0 Å². The maximum absolute atomic E-state index is 6.94. The van der Waals surface area contributed by atoms with Crippen LogP contribution < -0.4 is 4.74 Å². The number of para-hydroxylation sites is 3. The van der Waals surface area contributed by atoms with Crippen molar-refractivity contribution in [2.45, 2.75) is 59.0 Å². The van der Waals surface area contributed by atoms with Gasteiger partial charge in [-0.25, -0.2) is 9.97 Å². The Morgan fingerprint density at radius 1 is 0.540 bits per heavy atom. The van der Waals surface area contributed by atoms with Crippen LogP contribution in [0.1, 0.15) is 61.1 Å². The Morgan fingerprint density at radius 2 is 1.11 bits per heavy atom. The molecule has 4 nitrogen and oxygen atoms in total. The highest BCUT2D eigenvalue weighted by Gasteiger charge is 2.46. The molecule has 0 N–H and O–H groups in total. The van der Waals surface area contributed by atoms with Crippen LogP contribution in [0, 0.1) is 0 Å². The molecule has 0 bridgehead atoms. The van der Waals surface area contributed by atoms with Crippen LogP contribution in [-0.4, -0.2) is 109 Å². The Kier molecular flexibility index (Phi) is 10.1. The zero-order valence-electron chi connectivity index (χ0n) is 35.4. The first-order valence-corrected chi connectivity index (χ1v) is 21.0. The topological polar surface area (TPSA) is 39.4 Å². The van der Waals surface area contributed by atoms with Crippen LogP contribution in [0.2, 0.25) is 0 Å². The number of ether oxygens (including phenoxy) is 1. The molecular weight excluding hydrogens is 772 g/mol. The Bertz CT molecular complexity index is 3170. The predicted molar refractivity (Wildman–Crippen MR) is 271 cm³/mol. The number of fused-ring (bicyclic) bond motifs is 7. The van der Waals surface area contributed by atoms with E-state index in [2.05, 4.69) is 38.2 Å². The zero-order chi connectivity index (χ0) is 45.4. The number of thiazole rings is 1. The monoisotopic (exact) mass is 803 g/mol. The molecule has 276 valence electrons. The fourth-order valence-corrected chi connectivity index (χ4v) is 10.2. The van der Waals surface area contributed by atoms with Crippen LogP contribution in [0.4, 0.5) is 0 Å². The lowest BCUT2D eigenvalue weighted by molar-refractivity contribution is 0.306. The summed E-state index contributed by atoms with van der Waals surface area (Å²) < 4.78 is 9.83. The minimum atomic E-state index is -1.95. The standard InChI is InChI=1S/C46H29B12N3OS/c1-41(2)25-9-5-8-12-34(25)62-38-29(42(41,3)4)16-15-27(45(53,54)55)36(38)31-19-17-28(46(56,57)58)37(59-31)23-21-22(13-14-24(23)43(47,48)49)35-26(44(50,51)52)18-20-33-39(35)63-40-60-30-10-6-7-11-32(30)61(33)40/h5-21H,1-4H3. The third kappa shape index (κ3) is 7.06. The molecule has 63 heavy (non-hydrogen) atoms. The first-order valence-electron chi connectivity index (χ1n) is 20.2. The van der Waals surface area contributed by atoms with Gasteiger partial charge in [-0.1, -0.05) is 122 Å². The predicted octanol–water partition coefficient (Wildman–Crippen LogP) is 5.92. The second-order valence-corrected chi connectivity index (χ2v) is 18.9. The van der Waals surface area contributed by atoms with Crippen molar-refractivity contribution in [3.05, 3.63) is 137 Å².